The second-order valence-electron chi connectivity index (χ2n) is 4.40. The number of carbonyl (C=O) groups excluding carboxylic acids is 2. The van der Waals surface area contributed by atoms with Crippen LogP contribution in [0.1, 0.15) is 15.9 Å². The Morgan fingerprint density at radius 2 is 1.63 bits per heavy atom. The van der Waals surface area contributed by atoms with Gasteiger partial charge >= 0.3 is 0 Å². The number of ketones is 1. The number of hydrogen-bond donors (Lipinski definition) is 0. The largest absolute Gasteiger partial charge is 0.530 e. The zero-order valence-corrected chi connectivity index (χ0v) is 10.2. The molecule has 0 aliphatic heterocycles. The molecule has 1 aliphatic rings. The second-order valence-corrected chi connectivity index (χ2v) is 4.40. The van der Waals surface area contributed by atoms with Crippen LogP contribution in [0.5, 0.6) is 0 Å². The molecule has 4 heteroatoms. The maximum atomic E-state index is 12.3. The van der Waals surface area contributed by atoms with E-state index in [0.717, 1.165) is 10.5 Å². The van der Waals surface area contributed by atoms with Crippen LogP contribution in [0.4, 0.5) is 10.5 Å². The van der Waals surface area contributed by atoms with Crippen LogP contribution in [0.15, 0.2) is 42.5 Å². The fourth-order valence-corrected chi connectivity index (χ4v) is 2.43. The summed E-state index contributed by atoms with van der Waals surface area (Å²) in [5, 5.41) is 11.0. The van der Waals surface area contributed by atoms with Gasteiger partial charge in [0.15, 0.2) is 5.78 Å². The molecular weight excluding hydrogens is 242 g/mol. The minimum absolute atomic E-state index is 0.0702. The fourth-order valence-electron chi connectivity index (χ4n) is 2.43. The monoisotopic (exact) mass is 252 g/mol. The van der Waals surface area contributed by atoms with Crippen molar-refractivity contribution in [3.8, 4) is 11.1 Å². The van der Waals surface area contributed by atoms with Gasteiger partial charge in [-0.2, -0.15) is 0 Å². The lowest BCUT2D eigenvalue weighted by Gasteiger charge is -2.22. The highest BCUT2D eigenvalue weighted by Crippen LogP contribution is 2.42. The summed E-state index contributed by atoms with van der Waals surface area (Å²) in [6.07, 6.45) is -1.30. The number of carboxylic acid groups (broad SMARTS) is 1. The second kappa shape index (κ2) is 3.95. The molecule has 0 saturated heterocycles. The van der Waals surface area contributed by atoms with Crippen molar-refractivity contribution in [2.75, 3.05) is 11.9 Å². The number of fused-ring (bicyclic) bond motifs is 3. The highest BCUT2D eigenvalue weighted by Gasteiger charge is 2.29. The Kier molecular flexibility index (Phi) is 2.38. The number of benzene rings is 2. The molecule has 2 aromatic rings. The smallest absolute Gasteiger partial charge is 0.194 e. The molecule has 0 bridgehead atoms. The van der Waals surface area contributed by atoms with E-state index >= 15 is 0 Å². The third kappa shape index (κ3) is 1.53. The summed E-state index contributed by atoms with van der Waals surface area (Å²) in [4.78, 5) is 24.3. The minimum Gasteiger partial charge on any atom is -0.530 e. The van der Waals surface area contributed by atoms with E-state index in [2.05, 4.69) is 0 Å². The lowest BCUT2D eigenvalue weighted by atomic mass is 10.0. The molecule has 94 valence electrons. The van der Waals surface area contributed by atoms with Crippen LogP contribution in [0.3, 0.4) is 0 Å². The van der Waals surface area contributed by atoms with Gasteiger partial charge < -0.3 is 14.8 Å². The summed E-state index contributed by atoms with van der Waals surface area (Å²) >= 11 is 0. The lowest BCUT2D eigenvalue weighted by molar-refractivity contribution is -0.246. The molecule has 2 aromatic carbocycles. The number of hydrogen-bond acceptors (Lipinski definition) is 3. The number of amides is 1. The predicted octanol–water partition coefficient (Wildman–Crippen LogP) is 1.68. The number of rotatable bonds is 1. The Morgan fingerprint density at radius 1 is 1.00 bits per heavy atom. The van der Waals surface area contributed by atoms with E-state index in [1.165, 1.54) is 7.05 Å². The zero-order valence-electron chi connectivity index (χ0n) is 10.2. The summed E-state index contributed by atoms with van der Waals surface area (Å²) in [6.45, 7) is 0. The van der Waals surface area contributed by atoms with E-state index in [1.807, 2.05) is 12.1 Å². The Bertz CT molecular complexity index is 706. The first-order chi connectivity index (χ1) is 9.11. The van der Waals surface area contributed by atoms with Crippen molar-refractivity contribution in [1.82, 2.24) is 0 Å². The highest BCUT2D eigenvalue weighted by molar-refractivity contribution is 6.24. The van der Waals surface area contributed by atoms with E-state index < -0.39 is 6.09 Å². The third-order valence-corrected chi connectivity index (χ3v) is 3.36. The van der Waals surface area contributed by atoms with Crippen LogP contribution >= 0.6 is 0 Å². The topological polar surface area (TPSA) is 60.4 Å². The number of carbonyl (C=O) groups is 2. The highest BCUT2D eigenvalue weighted by atomic mass is 16.4. The first-order valence-corrected chi connectivity index (χ1v) is 5.83. The molecule has 0 radical (unpaired) electrons. The molecule has 3 rings (SSSR count). The van der Waals surface area contributed by atoms with Crippen LogP contribution < -0.4 is 10.0 Å². The summed E-state index contributed by atoms with van der Waals surface area (Å²) in [5.41, 5.74) is 3.04. The van der Waals surface area contributed by atoms with E-state index in [1.54, 1.807) is 30.3 Å². The summed E-state index contributed by atoms with van der Waals surface area (Å²) in [5.74, 6) is -0.0702. The molecule has 0 N–H and O–H groups in total. The van der Waals surface area contributed by atoms with Gasteiger partial charge in [0.2, 0.25) is 0 Å². The van der Waals surface area contributed by atoms with Crippen LogP contribution in [-0.2, 0) is 0 Å². The average Bonchev–Trinajstić information content (AvgIpc) is 2.72. The maximum absolute atomic E-state index is 12.3. The zero-order chi connectivity index (χ0) is 13.6. The summed E-state index contributed by atoms with van der Waals surface area (Å²) in [6, 6.07) is 12.3. The molecule has 19 heavy (non-hydrogen) atoms. The first kappa shape index (κ1) is 11.5. The van der Waals surface area contributed by atoms with Crippen molar-refractivity contribution >= 4 is 17.6 Å². The van der Waals surface area contributed by atoms with E-state index in [4.69, 9.17) is 0 Å². The average molecular weight is 252 g/mol. The van der Waals surface area contributed by atoms with Gasteiger partial charge in [-0.1, -0.05) is 36.4 Å². The quantitative estimate of drug-likeness (QED) is 0.662. The molecule has 0 saturated carbocycles. The van der Waals surface area contributed by atoms with Gasteiger partial charge in [-0.25, -0.2) is 0 Å². The predicted molar refractivity (Wildman–Crippen MR) is 69.1 cm³/mol. The minimum atomic E-state index is -1.30. The van der Waals surface area contributed by atoms with Gasteiger partial charge in [-0.15, -0.1) is 0 Å². The van der Waals surface area contributed by atoms with Gasteiger partial charge in [-0.3, -0.25) is 4.79 Å². The summed E-state index contributed by atoms with van der Waals surface area (Å²) in [7, 11) is 1.41. The number of anilines is 1. The first-order valence-electron chi connectivity index (χ1n) is 5.83. The Morgan fingerprint density at radius 3 is 2.32 bits per heavy atom. The number of nitrogens with zero attached hydrogens (tertiary/aromatic N) is 1. The molecular formula is C15H10NO3-. The van der Waals surface area contributed by atoms with E-state index in [0.29, 0.717) is 22.4 Å². The molecule has 0 heterocycles. The lowest BCUT2D eigenvalue weighted by Crippen LogP contribution is -2.38. The molecule has 4 nitrogen and oxygen atoms in total. The van der Waals surface area contributed by atoms with Gasteiger partial charge in [0.25, 0.3) is 0 Å². The van der Waals surface area contributed by atoms with Gasteiger partial charge in [0.1, 0.15) is 6.09 Å². The van der Waals surface area contributed by atoms with Crippen LogP contribution in [-0.4, -0.2) is 18.9 Å². The molecule has 1 amide bonds. The maximum Gasteiger partial charge on any atom is 0.194 e. The van der Waals surface area contributed by atoms with Crippen LogP contribution in [0.25, 0.3) is 11.1 Å². The molecule has 0 spiro atoms. The van der Waals surface area contributed by atoms with Crippen LogP contribution in [0, 0.1) is 0 Å². The van der Waals surface area contributed by atoms with E-state index in [9.17, 15) is 14.7 Å². The van der Waals surface area contributed by atoms with Crippen molar-refractivity contribution in [3.05, 3.63) is 53.6 Å². The van der Waals surface area contributed by atoms with Gasteiger partial charge in [0.05, 0.1) is 5.69 Å². The normalized spacial score (nSPS) is 11.9. The SMILES string of the molecule is CN(C(=O)[O-])c1cccc2c1-c1ccccc1C2=O. The van der Waals surface area contributed by atoms with E-state index in [-0.39, 0.29) is 5.78 Å². The fraction of sp³-hybridized carbons (Fsp3) is 0.0667. The molecule has 0 atom stereocenters. The standard InChI is InChI=1S/C15H11NO3/c1-16(15(18)19)12-8-4-7-11-13(12)9-5-2-3-6-10(9)14(11)17/h2-8H,1H3,(H,18,19)/p-1. The Hall–Kier alpha value is -2.62. The van der Waals surface area contributed by atoms with Crippen molar-refractivity contribution in [2.24, 2.45) is 0 Å². The Labute approximate surface area is 109 Å². The van der Waals surface area contributed by atoms with Crippen molar-refractivity contribution < 1.29 is 14.7 Å². The molecule has 0 unspecified atom stereocenters. The molecule has 1 aliphatic carbocycles. The van der Waals surface area contributed by atoms with Crippen molar-refractivity contribution in [3.63, 3.8) is 0 Å². The summed E-state index contributed by atoms with van der Waals surface area (Å²) < 4.78 is 0. The molecule has 0 fully saturated rings. The molecule has 0 aromatic heterocycles. The van der Waals surface area contributed by atoms with Crippen LogP contribution in [0.2, 0.25) is 0 Å². The van der Waals surface area contributed by atoms with Crippen molar-refractivity contribution in [2.45, 2.75) is 0 Å². The van der Waals surface area contributed by atoms with Gasteiger partial charge in [-0.05, 0) is 11.6 Å². The van der Waals surface area contributed by atoms with Crippen molar-refractivity contribution in [1.29, 1.82) is 0 Å². The van der Waals surface area contributed by atoms with Gasteiger partial charge in [0, 0.05) is 23.7 Å². The third-order valence-electron chi connectivity index (χ3n) is 3.36. The Balaban J connectivity index is 2.31.